The zero-order chi connectivity index (χ0) is 27.2. The van der Waals surface area contributed by atoms with Gasteiger partial charge in [-0.15, -0.1) is 0 Å². The van der Waals surface area contributed by atoms with Gasteiger partial charge in [0.1, 0.15) is 0 Å². The summed E-state index contributed by atoms with van der Waals surface area (Å²) < 4.78 is 9.41. The Morgan fingerprint density at radius 1 is 0.892 bits per heavy atom. The molecule has 0 aromatic heterocycles. The summed E-state index contributed by atoms with van der Waals surface area (Å²) in [5.41, 5.74) is 6.65. The molecule has 1 saturated heterocycles. The van der Waals surface area contributed by atoms with E-state index in [0.29, 0.717) is 0 Å². The van der Waals surface area contributed by atoms with E-state index in [1.165, 1.54) is 27.9 Å². The van der Waals surface area contributed by atoms with Crippen LogP contribution in [0.2, 0.25) is 0 Å². The van der Waals surface area contributed by atoms with Gasteiger partial charge in [0.25, 0.3) is 0 Å². The average Bonchev–Trinajstić information content (AvgIpc) is 3.01. The van der Waals surface area contributed by atoms with Crippen LogP contribution in [-0.2, 0) is 17.3 Å². The zero-order valence-electron chi connectivity index (χ0n) is 23.2. The van der Waals surface area contributed by atoms with Gasteiger partial charge in [0.2, 0.25) is 0 Å². The molecule has 0 aliphatic carbocycles. The van der Waals surface area contributed by atoms with E-state index in [-0.39, 0.29) is 17.1 Å². The number of halogens is 2. The first kappa shape index (κ1) is 28.2. The Kier molecular flexibility index (Phi) is 7.93. The molecule has 3 aromatic rings. The van der Waals surface area contributed by atoms with Crippen molar-refractivity contribution in [3.63, 3.8) is 0 Å². The van der Waals surface area contributed by atoms with Crippen LogP contribution < -0.4 is 9.64 Å². The molecule has 0 saturated carbocycles. The van der Waals surface area contributed by atoms with Crippen LogP contribution in [0.3, 0.4) is 0 Å². The van der Waals surface area contributed by atoms with Crippen molar-refractivity contribution in [2.45, 2.75) is 78.9 Å². The van der Waals surface area contributed by atoms with E-state index >= 15 is 0 Å². The number of hydrogen-bond acceptors (Lipinski definition) is 2. The standard InChI is InChI=1S/C22H27N.C10H12O.2ClH.Ru/c1-16-12-17(2)20(18(3)13-16)23-15-22(6,14-21(23,4)5)19-10-8-7-9-11-19;1-8(2)11-10-7-5-4-6-9(10)3;;;/h7-13H,14H2,1-6H3;3-8H,1-2H3;2*1H;/q;;;;+2/p-2. The second kappa shape index (κ2) is 10.4. The predicted octanol–water partition coefficient (Wildman–Crippen LogP) is 8.79. The monoisotopic (exact) mass is 625 g/mol. The van der Waals surface area contributed by atoms with Crippen LogP contribution in [0.15, 0.2) is 66.7 Å². The van der Waals surface area contributed by atoms with Crippen LogP contribution in [-0.4, -0.2) is 20.5 Å². The topological polar surface area (TPSA) is 12.5 Å². The fraction of sp³-hybridized carbons (Fsp3) is 0.375. The summed E-state index contributed by atoms with van der Waals surface area (Å²) in [5.74, 6) is 0.817. The van der Waals surface area contributed by atoms with E-state index < -0.39 is 11.9 Å². The van der Waals surface area contributed by atoms with Crippen molar-refractivity contribution in [3.8, 4) is 5.75 Å². The van der Waals surface area contributed by atoms with Gasteiger partial charge in [-0.2, -0.15) is 0 Å². The summed E-state index contributed by atoms with van der Waals surface area (Å²) in [5, 5.41) is 0. The maximum absolute atomic E-state index is 7.67. The second-order valence-corrected chi connectivity index (χ2v) is 20.6. The second-order valence-electron chi connectivity index (χ2n) is 11.3. The third-order valence-electron chi connectivity index (χ3n) is 7.04. The van der Waals surface area contributed by atoms with Crippen molar-refractivity contribution in [1.82, 2.24) is 0 Å². The van der Waals surface area contributed by atoms with Gasteiger partial charge in [-0.25, -0.2) is 0 Å². The molecule has 200 valence electrons. The molecular weight excluding hydrogens is 586 g/mol. The van der Waals surface area contributed by atoms with Gasteiger partial charge in [0.15, 0.2) is 0 Å². The molecule has 0 bridgehead atoms. The van der Waals surface area contributed by atoms with E-state index in [2.05, 4.69) is 99.6 Å². The van der Waals surface area contributed by atoms with Crippen molar-refractivity contribution in [2.75, 3.05) is 4.90 Å². The molecule has 0 amide bonds. The normalized spacial score (nSPS) is 19.9. The summed E-state index contributed by atoms with van der Waals surface area (Å²) in [4.78, 5) is 2.50. The van der Waals surface area contributed by atoms with Crippen molar-refractivity contribution < 1.29 is 16.6 Å². The predicted molar refractivity (Wildman–Crippen MR) is 160 cm³/mol. The summed E-state index contributed by atoms with van der Waals surface area (Å²) in [7, 11) is 15.3. The molecule has 1 unspecified atom stereocenters. The van der Waals surface area contributed by atoms with E-state index in [1.54, 1.807) is 0 Å². The Hall–Kier alpha value is -1.80. The molecule has 37 heavy (non-hydrogen) atoms. The molecule has 2 nitrogen and oxygen atoms in total. The SMILES string of the molecule is Cc1cc(C)c(N2[C](=[Ru]([Cl])([Cl])=[CH]c3ccccc3OC(C)C)C(C)(c3ccccc3)CC2(C)C)c(C)c1. The van der Waals surface area contributed by atoms with Gasteiger partial charge < -0.3 is 0 Å². The van der Waals surface area contributed by atoms with E-state index in [0.717, 1.165) is 22.0 Å². The Balaban J connectivity index is 2.13. The molecule has 0 N–H and O–H groups in total. The van der Waals surface area contributed by atoms with Crippen LogP contribution in [0, 0.1) is 20.8 Å². The first-order chi connectivity index (χ1) is 17.3. The number of para-hydroxylation sites is 1. The average molecular weight is 626 g/mol. The van der Waals surface area contributed by atoms with Crippen molar-refractivity contribution in [1.29, 1.82) is 0 Å². The Bertz CT molecular complexity index is 1400. The first-order valence-corrected chi connectivity index (χ1v) is 19.2. The third-order valence-corrected chi connectivity index (χ3v) is 13.1. The summed E-state index contributed by atoms with van der Waals surface area (Å²) >= 11 is -3.65. The quantitative estimate of drug-likeness (QED) is 0.263. The van der Waals surface area contributed by atoms with Gasteiger partial charge >= 0.3 is 235 Å². The molecule has 1 aliphatic heterocycles. The van der Waals surface area contributed by atoms with Gasteiger partial charge in [-0.1, -0.05) is 0 Å². The summed E-state index contributed by atoms with van der Waals surface area (Å²) in [6.07, 6.45) is 0.966. The van der Waals surface area contributed by atoms with Crippen LogP contribution in [0.4, 0.5) is 5.69 Å². The molecular formula is C32H39Cl2NORu. The Morgan fingerprint density at radius 3 is 2.05 bits per heavy atom. The zero-order valence-corrected chi connectivity index (χ0v) is 26.4. The maximum atomic E-state index is 7.67. The van der Waals surface area contributed by atoms with Crippen molar-refractivity contribution in [3.05, 3.63) is 94.5 Å². The summed E-state index contributed by atoms with van der Waals surface area (Å²) in [6.45, 7) is 17.6. The molecule has 4 rings (SSSR count). The first-order valence-electron chi connectivity index (χ1n) is 12.8. The molecule has 1 heterocycles. The number of anilines is 1. The number of rotatable bonds is 5. The number of aryl methyl sites for hydroxylation is 3. The molecule has 3 aromatic carbocycles. The van der Waals surface area contributed by atoms with Crippen LogP contribution in [0.1, 0.15) is 68.9 Å². The van der Waals surface area contributed by atoms with Gasteiger partial charge in [0, 0.05) is 0 Å². The fourth-order valence-corrected chi connectivity index (χ4v) is 13.6. The number of ether oxygens (including phenoxy) is 1. The van der Waals surface area contributed by atoms with Crippen molar-refractivity contribution >= 4 is 33.9 Å². The minimum atomic E-state index is -3.65. The summed E-state index contributed by atoms with van der Waals surface area (Å²) in [6, 6.07) is 23.3. The van der Waals surface area contributed by atoms with E-state index in [9.17, 15) is 0 Å². The fourth-order valence-electron chi connectivity index (χ4n) is 5.95. The van der Waals surface area contributed by atoms with Crippen molar-refractivity contribution in [2.24, 2.45) is 0 Å². The molecule has 1 fully saturated rings. The Labute approximate surface area is 233 Å². The molecule has 0 spiro atoms. The van der Waals surface area contributed by atoms with Gasteiger partial charge in [0.05, 0.1) is 0 Å². The van der Waals surface area contributed by atoms with Crippen LogP contribution in [0.25, 0.3) is 0 Å². The molecule has 1 aliphatic rings. The molecule has 5 heteroatoms. The van der Waals surface area contributed by atoms with Gasteiger partial charge in [-0.3, -0.25) is 0 Å². The van der Waals surface area contributed by atoms with E-state index in [1.807, 2.05) is 32.0 Å². The van der Waals surface area contributed by atoms with Crippen LogP contribution >= 0.6 is 19.4 Å². The molecule has 0 radical (unpaired) electrons. The molecule has 1 atom stereocenters. The number of nitrogens with zero attached hydrogens (tertiary/aromatic N) is 1. The Morgan fingerprint density at radius 2 is 1.46 bits per heavy atom. The third kappa shape index (κ3) is 5.51. The van der Waals surface area contributed by atoms with E-state index in [4.69, 9.17) is 24.1 Å². The number of hydrogen-bond donors (Lipinski definition) is 0. The van der Waals surface area contributed by atoms with Crippen LogP contribution in [0.5, 0.6) is 5.75 Å². The van der Waals surface area contributed by atoms with Gasteiger partial charge in [-0.05, 0) is 0 Å². The minimum absolute atomic E-state index is 0.0574. The number of benzene rings is 3.